The Morgan fingerprint density at radius 2 is 1.73 bits per heavy atom. The van der Waals surface area contributed by atoms with E-state index in [-0.39, 0.29) is 12.4 Å². The zero-order chi connectivity index (χ0) is 21.9. The van der Waals surface area contributed by atoms with Crippen LogP contribution in [0.1, 0.15) is 26.5 Å². The van der Waals surface area contributed by atoms with E-state index in [1.54, 1.807) is 32.7 Å². The molecular weight excluding hydrogens is 404 g/mol. The van der Waals surface area contributed by atoms with Gasteiger partial charge in [0, 0.05) is 16.7 Å². The van der Waals surface area contributed by atoms with Gasteiger partial charge in [0.05, 0.1) is 37.9 Å². The molecule has 3 rings (SSSR count). The van der Waals surface area contributed by atoms with Crippen molar-refractivity contribution in [2.75, 3.05) is 14.2 Å². The standard InChI is InChI=1S/C23H25ClN2O4/c1-15(27)23(2,3)30-14-18-12-22(16-9-20(28-4)13-21(10-16)29-5)26(25-18)19-8-6-7-17(24)11-19/h6-13H,14H2,1-5H3. The van der Waals surface area contributed by atoms with Crippen molar-refractivity contribution in [1.29, 1.82) is 0 Å². The van der Waals surface area contributed by atoms with E-state index >= 15 is 0 Å². The minimum atomic E-state index is -0.890. The third-order valence-corrected chi connectivity index (χ3v) is 5.12. The first-order valence-electron chi connectivity index (χ1n) is 9.47. The van der Waals surface area contributed by atoms with Crippen molar-refractivity contribution in [3.8, 4) is 28.4 Å². The molecule has 0 saturated carbocycles. The molecule has 0 amide bonds. The highest BCUT2D eigenvalue weighted by molar-refractivity contribution is 6.30. The number of halogens is 1. The van der Waals surface area contributed by atoms with Crippen molar-refractivity contribution in [3.05, 3.63) is 59.2 Å². The summed E-state index contributed by atoms with van der Waals surface area (Å²) in [4.78, 5) is 11.8. The molecule has 3 aromatic rings. The predicted octanol–water partition coefficient (Wildman–Crippen LogP) is 5.09. The normalized spacial score (nSPS) is 11.4. The molecule has 0 spiro atoms. The minimum Gasteiger partial charge on any atom is -0.497 e. The van der Waals surface area contributed by atoms with Gasteiger partial charge < -0.3 is 14.2 Å². The summed E-state index contributed by atoms with van der Waals surface area (Å²) < 4.78 is 18.5. The summed E-state index contributed by atoms with van der Waals surface area (Å²) in [6.45, 7) is 5.20. The summed E-state index contributed by atoms with van der Waals surface area (Å²) in [6.07, 6.45) is 0. The molecule has 0 atom stereocenters. The molecule has 30 heavy (non-hydrogen) atoms. The number of Topliss-reactive ketones (excluding diaryl/α,β-unsaturated/α-hetero) is 1. The van der Waals surface area contributed by atoms with E-state index in [2.05, 4.69) is 0 Å². The maximum absolute atomic E-state index is 11.8. The number of rotatable bonds is 8. The quantitative estimate of drug-likeness (QED) is 0.499. The molecule has 0 radical (unpaired) electrons. The van der Waals surface area contributed by atoms with Gasteiger partial charge in [-0.3, -0.25) is 4.79 Å². The Labute approximate surface area is 181 Å². The SMILES string of the molecule is COc1cc(OC)cc(-c2cc(COC(C)(C)C(C)=O)nn2-c2cccc(Cl)c2)c1. The van der Waals surface area contributed by atoms with Gasteiger partial charge in [0.2, 0.25) is 0 Å². The van der Waals surface area contributed by atoms with Crippen LogP contribution in [-0.4, -0.2) is 35.4 Å². The molecule has 0 aliphatic rings. The molecule has 1 aromatic heterocycles. The van der Waals surface area contributed by atoms with Crippen LogP contribution in [0.5, 0.6) is 11.5 Å². The maximum atomic E-state index is 11.8. The second kappa shape index (κ2) is 8.90. The predicted molar refractivity (Wildman–Crippen MR) is 117 cm³/mol. The fourth-order valence-electron chi connectivity index (χ4n) is 2.82. The fourth-order valence-corrected chi connectivity index (χ4v) is 3.01. The van der Waals surface area contributed by atoms with Gasteiger partial charge in [-0.05, 0) is 57.2 Å². The Bertz CT molecular complexity index is 1040. The first-order chi connectivity index (χ1) is 14.2. The van der Waals surface area contributed by atoms with E-state index in [1.807, 2.05) is 48.5 Å². The number of ketones is 1. The van der Waals surface area contributed by atoms with Crippen molar-refractivity contribution in [2.45, 2.75) is 33.0 Å². The first kappa shape index (κ1) is 21.9. The number of carbonyl (C=O) groups excluding carboxylic acids is 1. The topological polar surface area (TPSA) is 62.6 Å². The smallest absolute Gasteiger partial charge is 0.161 e. The van der Waals surface area contributed by atoms with Crippen LogP contribution in [0.15, 0.2) is 48.5 Å². The van der Waals surface area contributed by atoms with Gasteiger partial charge in [-0.15, -0.1) is 0 Å². The van der Waals surface area contributed by atoms with Gasteiger partial charge in [-0.25, -0.2) is 4.68 Å². The Kier molecular flexibility index (Phi) is 6.48. The molecule has 6 nitrogen and oxygen atoms in total. The number of ether oxygens (including phenoxy) is 3. The van der Waals surface area contributed by atoms with Gasteiger partial charge in [0.25, 0.3) is 0 Å². The van der Waals surface area contributed by atoms with Crippen molar-refractivity contribution >= 4 is 17.4 Å². The number of carbonyl (C=O) groups is 1. The lowest BCUT2D eigenvalue weighted by Crippen LogP contribution is -2.32. The van der Waals surface area contributed by atoms with Gasteiger partial charge in [-0.1, -0.05) is 17.7 Å². The largest absolute Gasteiger partial charge is 0.497 e. The molecule has 0 aliphatic heterocycles. The molecule has 0 bridgehead atoms. The Morgan fingerprint density at radius 1 is 1.07 bits per heavy atom. The molecule has 158 valence electrons. The van der Waals surface area contributed by atoms with Crippen molar-refractivity contribution in [3.63, 3.8) is 0 Å². The summed E-state index contributed by atoms with van der Waals surface area (Å²) in [7, 11) is 3.21. The first-order valence-corrected chi connectivity index (χ1v) is 9.84. The number of hydrogen-bond acceptors (Lipinski definition) is 5. The molecule has 2 aromatic carbocycles. The number of methoxy groups -OCH3 is 2. The summed E-state index contributed by atoms with van der Waals surface area (Å²) in [6, 6.07) is 15.0. The van der Waals surface area contributed by atoms with Gasteiger partial charge in [-0.2, -0.15) is 5.10 Å². The van der Waals surface area contributed by atoms with Crippen LogP contribution in [0.4, 0.5) is 0 Å². The average molecular weight is 429 g/mol. The Balaban J connectivity index is 2.09. The van der Waals surface area contributed by atoms with E-state index < -0.39 is 5.60 Å². The van der Waals surface area contributed by atoms with E-state index in [1.165, 1.54) is 6.92 Å². The highest BCUT2D eigenvalue weighted by Gasteiger charge is 2.25. The van der Waals surface area contributed by atoms with E-state index in [0.29, 0.717) is 22.2 Å². The molecule has 0 unspecified atom stereocenters. The lowest BCUT2D eigenvalue weighted by molar-refractivity contribution is -0.139. The molecule has 7 heteroatoms. The number of hydrogen-bond donors (Lipinski definition) is 0. The molecular formula is C23H25ClN2O4. The van der Waals surface area contributed by atoms with Crippen molar-refractivity contribution in [1.82, 2.24) is 9.78 Å². The van der Waals surface area contributed by atoms with Gasteiger partial charge in [0.1, 0.15) is 17.1 Å². The van der Waals surface area contributed by atoms with Crippen LogP contribution in [0.3, 0.4) is 0 Å². The molecule has 0 aliphatic carbocycles. The van der Waals surface area contributed by atoms with Crippen LogP contribution in [-0.2, 0) is 16.1 Å². The summed E-state index contributed by atoms with van der Waals surface area (Å²) in [5.74, 6) is 1.28. The van der Waals surface area contributed by atoms with Crippen LogP contribution in [0, 0.1) is 0 Å². The lowest BCUT2D eigenvalue weighted by Gasteiger charge is -2.21. The number of aromatic nitrogens is 2. The van der Waals surface area contributed by atoms with Crippen LogP contribution < -0.4 is 9.47 Å². The zero-order valence-electron chi connectivity index (χ0n) is 17.7. The van der Waals surface area contributed by atoms with Crippen LogP contribution in [0.2, 0.25) is 5.02 Å². The summed E-state index contributed by atoms with van der Waals surface area (Å²) in [5, 5.41) is 5.32. The highest BCUT2D eigenvalue weighted by atomic mass is 35.5. The minimum absolute atomic E-state index is 0.0467. The number of benzene rings is 2. The lowest BCUT2D eigenvalue weighted by atomic mass is 10.1. The molecule has 0 saturated heterocycles. The second-order valence-corrected chi connectivity index (χ2v) is 7.81. The highest BCUT2D eigenvalue weighted by Crippen LogP contribution is 2.32. The van der Waals surface area contributed by atoms with E-state index in [0.717, 1.165) is 16.9 Å². The third-order valence-electron chi connectivity index (χ3n) is 4.89. The van der Waals surface area contributed by atoms with Gasteiger partial charge >= 0.3 is 0 Å². The van der Waals surface area contributed by atoms with Crippen LogP contribution >= 0.6 is 11.6 Å². The van der Waals surface area contributed by atoms with Crippen molar-refractivity contribution in [2.24, 2.45) is 0 Å². The molecule has 0 N–H and O–H groups in total. The zero-order valence-corrected chi connectivity index (χ0v) is 18.5. The van der Waals surface area contributed by atoms with Gasteiger partial charge in [0.15, 0.2) is 5.78 Å². The maximum Gasteiger partial charge on any atom is 0.161 e. The monoisotopic (exact) mass is 428 g/mol. The van der Waals surface area contributed by atoms with E-state index in [4.69, 9.17) is 30.9 Å². The fraction of sp³-hybridized carbons (Fsp3) is 0.304. The summed E-state index contributed by atoms with van der Waals surface area (Å²) in [5.41, 5.74) is 2.26. The van der Waals surface area contributed by atoms with E-state index in [9.17, 15) is 4.79 Å². The Hall–Kier alpha value is -2.83. The Morgan fingerprint density at radius 3 is 2.30 bits per heavy atom. The molecule has 1 heterocycles. The van der Waals surface area contributed by atoms with Crippen LogP contribution in [0.25, 0.3) is 16.9 Å². The second-order valence-electron chi connectivity index (χ2n) is 7.37. The average Bonchev–Trinajstić information content (AvgIpc) is 3.16. The number of nitrogens with zero attached hydrogens (tertiary/aromatic N) is 2. The third kappa shape index (κ3) is 4.83. The summed E-state index contributed by atoms with van der Waals surface area (Å²) >= 11 is 6.21. The van der Waals surface area contributed by atoms with Crippen molar-refractivity contribution < 1.29 is 19.0 Å². The molecule has 0 fully saturated rings.